The predicted molar refractivity (Wildman–Crippen MR) is 134 cm³/mol. The summed E-state index contributed by atoms with van der Waals surface area (Å²) >= 11 is 5.94. The smallest absolute Gasteiger partial charge is 0.317 e. The van der Waals surface area contributed by atoms with Crippen molar-refractivity contribution >= 4 is 40.0 Å². The third-order valence-corrected chi connectivity index (χ3v) is 6.42. The van der Waals surface area contributed by atoms with Gasteiger partial charge in [0.15, 0.2) is 11.5 Å². The van der Waals surface area contributed by atoms with Crippen LogP contribution in [0.4, 0.5) is 20.7 Å². The average molecular weight is 516 g/mol. The molecule has 0 bridgehead atoms. The molecule has 0 radical (unpaired) electrons. The number of ether oxygens (including phenoxy) is 3. The number of rotatable bonds is 8. The van der Waals surface area contributed by atoms with Gasteiger partial charge in [-0.15, -0.1) is 0 Å². The Balaban J connectivity index is 1.41. The molecule has 2 N–H and O–H groups in total. The SMILES string of the molecule is O=C1NCCCN1CCOc1cc2ncnc(Nc3ccc(F)c(Cl)c3)c2cc1OC1CCOCC1. The molecule has 2 saturated heterocycles. The molecule has 2 aliphatic rings. The molecule has 3 aromatic rings. The summed E-state index contributed by atoms with van der Waals surface area (Å²) in [6.07, 6.45) is 3.89. The zero-order valence-electron chi connectivity index (χ0n) is 19.6. The monoisotopic (exact) mass is 515 g/mol. The number of amides is 2. The van der Waals surface area contributed by atoms with Gasteiger partial charge in [0.2, 0.25) is 0 Å². The summed E-state index contributed by atoms with van der Waals surface area (Å²) in [6, 6.07) is 7.96. The normalized spacial score (nSPS) is 16.6. The van der Waals surface area contributed by atoms with Crippen molar-refractivity contribution in [3.05, 3.63) is 47.5 Å². The van der Waals surface area contributed by atoms with E-state index in [9.17, 15) is 9.18 Å². The summed E-state index contributed by atoms with van der Waals surface area (Å²) in [6.45, 7) is 3.45. The molecule has 0 saturated carbocycles. The molecule has 0 unspecified atom stereocenters. The van der Waals surface area contributed by atoms with Gasteiger partial charge in [0.05, 0.1) is 30.3 Å². The van der Waals surface area contributed by atoms with Crippen molar-refractivity contribution in [2.45, 2.75) is 25.4 Å². The van der Waals surface area contributed by atoms with Crippen molar-refractivity contribution in [1.29, 1.82) is 0 Å². The fourth-order valence-electron chi connectivity index (χ4n) is 4.21. The lowest BCUT2D eigenvalue weighted by Crippen LogP contribution is -2.47. The topological polar surface area (TPSA) is 97.8 Å². The summed E-state index contributed by atoms with van der Waals surface area (Å²) in [5.74, 6) is 1.13. The molecular formula is C25H27ClFN5O4. The van der Waals surface area contributed by atoms with Crippen LogP contribution in [-0.2, 0) is 4.74 Å². The Morgan fingerprint density at radius 3 is 2.86 bits per heavy atom. The Morgan fingerprint density at radius 2 is 2.06 bits per heavy atom. The van der Waals surface area contributed by atoms with Crippen molar-refractivity contribution in [1.82, 2.24) is 20.2 Å². The second-order valence-corrected chi connectivity index (χ2v) is 9.05. The first-order chi connectivity index (χ1) is 17.6. The van der Waals surface area contributed by atoms with Gasteiger partial charge in [0.25, 0.3) is 0 Å². The Kier molecular flexibility index (Phi) is 7.52. The van der Waals surface area contributed by atoms with Crippen molar-refractivity contribution in [3.8, 4) is 11.5 Å². The molecule has 9 nitrogen and oxygen atoms in total. The van der Waals surface area contributed by atoms with Crippen LogP contribution in [0.15, 0.2) is 36.7 Å². The highest BCUT2D eigenvalue weighted by molar-refractivity contribution is 6.31. The molecule has 1 aromatic heterocycles. The number of fused-ring (bicyclic) bond motifs is 1. The number of aromatic nitrogens is 2. The molecule has 3 heterocycles. The maximum absolute atomic E-state index is 13.6. The van der Waals surface area contributed by atoms with E-state index in [1.54, 1.807) is 11.0 Å². The zero-order chi connectivity index (χ0) is 24.9. The van der Waals surface area contributed by atoms with Crippen LogP contribution in [0, 0.1) is 5.82 Å². The predicted octanol–water partition coefficient (Wildman–Crippen LogP) is 4.52. The van der Waals surface area contributed by atoms with Crippen LogP contribution in [-0.4, -0.2) is 66.5 Å². The number of halogens is 2. The van der Waals surface area contributed by atoms with Crippen molar-refractivity contribution in [3.63, 3.8) is 0 Å². The van der Waals surface area contributed by atoms with Crippen LogP contribution in [0.1, 0.15) is 19.3 Å². The van der Waals surface area contributed by atoms with Crippen LogP contribution in [0.25, 0.3) is 10.9 Å². The van der Waals surface area contributed by atoms with E-state index >= 15 is 0 Å². The van der Waals surface area contributed by atoms with E-state index in [0.29, 0.717) is 73.4 Å². The van der Waals surface area contributed by atoms with Crippen molar-refractivity contribution in [2.24, 2.45) is 0 Å². The Morgan fingerprint density at radius 1 is 1.19 bits per heavy atom. The third-order valence-electron chi connectivity index (χ3n) is 6.13. The minimum Gasteiger partial charge on any atom is -0.488 e. The summed E-state index contributed by atoms with van der Waals surface area (Å²) in [5, 5.41) is 6.76. The first kappa shape index (κ1) is 24.3. The highest BCUT2D eigenvalue weighted by atomic mass is 35.5. The van der Waals surface area contributed by atoms with E-state index in [1.165, 1.54) is 18.5 Å². The van der Waals surface area contributed by atoms with E-state index in [4.69, 9.17) is 25.8 Å². The summed E-state index contributed by atoms with van der Waals surface area (Å²) in [4.78, 5) is 22.6. The molecule has 5 rings (SSSR count). The molecule has 2 amide bonds. The van der Waals surface area contributed by atoms with Crippen LogP contribution >= 0.6 is 11.6 Å². The summed E-state index contributed by atoms with van der Waals surface area (Å²) < 4.78 is 31.5. The van der Waals surface area contributed by atoms with Gasteiger partial charge in [-0.3, -0.25) is 0 Å². The maximum Gasteiger partial charge on any atom is 0.317 e. The number of benzene rings is 2. The van der Waals surface area contributed by atoms with Gasteiger partial charge in [-0.1, -0.05) is 11.6 Å². The average Bonchev–Trinajstić information content (AvgIpc) is 2.88. The molecule has 2 fully saturated rings. The fraction of sp³-hybridized carbons (Fsp3) is 0.400. The third kappa shape index (κ3) is 5.71. The van der Waals surface area contributed by atoms with Gasteiger partial charge in [0, 0.05) is 43.1 Å². The largest absolute Gasteiger partial charge is 0.488 e. The van der Waals surface area contributed by atoms with Gasteiger partial charge in [-0.25, -0.2) is 19.2 Å². The number of nitrogens with zero attached hydrogens (tertiary/aromatic N) is 3. The molecule has 190 valence electrons. The van der Waals surface area contributed by atoms with Crippen molar-refractivity contribution < 1.29 is 23.4 Å². The van der Waals surface area contributed by atoms with Crippen molar-refractivity contribution in [2.75, 3.05) is 44.8 Å². The molecule has 36 heavy (non-hydrogen) atoms. The molecule has 0 aliphatic carbocycles. The van der Waals surface area contributed by atoms with E-state index in [-0.39, 0.29) is 17.2 Å². The molecule has 0 atom stereocenters. The van der Waals surface area contributed by atoms with E-state index in [1.807, 2.05) is 12.1 Å². The first-order valence-corrected chi connectivity index (χ1v) is 12.4. The molecule has 2 aromatic carbocycles. The number of nitrogens with one attached hydrogen (secondary N) is 2. The lowest BCUT2D eigenvalue weighted by molar-refractivity contribution is 0.0243. The van der Waals surface area contributed by atoms with E-state index in [2.05, 4.69) is 20.6 Å². The number of hydrogen-bond donors (Lipinski definition) is 2. The second-order valence-electron chi connectivity index (χ2n) is 8.64. The molecular weight excluding hydrogens is 489 g/mol. The number of hydrogen-bond acceptors (Lipinski definition) is 7. The lowest BCUT2D eigenvalue weighted by Gasteiger charge is -2.28. The number of carbonyl (C=O) groups excluding carboxylic acids is 1. The maximum atomic E-state index is 13.6. The van der Waals surface area contributed by atoms with E-state index in [0.717, 1.165) is 19.3 Å². The van der Waals surface area contributed by atoms with Crippen LogP contribution in [0.3, 0.4) is 0 Å². The quantitative estimate of drug-likeness (QED) is 0.455. The van der Waals surface area contributed by atoms with Gasteiger partial charge in [-0.2, -0.15) is 0 Å². The zero-order valence-corrected chi connectivity index (χ0v) is 20.4. The number of anilines is 2. The molecule has 2 aliphatic heterocycles. The standard InChI is InChI=1S/C25H27ClFN5O4/c26-19-12-16(2-3-20(19)27)31-24-18-13-23(36-17-4-9-34-10-5-17)22(14-21(18)29-15-30-24)35-11-8-32-7-1-6-28-25(32)33/h2-3,12-15,17H,1,4-11H2,(H,28,33)(H,29,30,31). The minimum atomic E-state index is -0.495. The Hall–Kier alpha value is -3.37. The molecule has 11 heteroatoms. The van der Waals surface area contributed by atoms with Crippen LogP contribution in [0.5, 0.6) is 11.5 Å². The molecule has 0 spiro atoms. The summed E-state index contributed by atoms with van der Waals surface area (Å²) in [5.41, 5.74) is 1.24. The minimum absolute atomic E-state index is 0.0108. The number of urea groups is 1. The summed E-state index contributed by atoms with van der Waals surface area (Å²) in [7, 11) is 0. The lowest BCUT2D eigenvalue weighted by atomic mass is 10.1. The van der Waals surface area contributed by atoms with Gasteiger partial charge >= 0.3 is 6.03 Å². The van der Waals surface area contributed by atoms with Gasteiger partial charge in [-0.05, 0) is 30.7 Å². The Bertz CT molecular complexity index is 1240. The van der Waals surface area contributed by atoms with E-state index < -0.39 is 5.82 Å². The Labute approximate surface area is 212 Å². The highest BCUT2D eigenvalue weighted by Gasteiger charge is 2.21. The van der Waals surface area contributed by atoms with Crippen LogP contribution in [0.2, 0.25) is 5.02 Å². The van der Waals surface area contributed by atoms with Crippen LogP contribution < -0.4 is 20.1 Å². The van der Waals surface area contributed by atoms with Gasteiger partial charge in [0.1, 0.15) is 30.7 Å². The second kappa shape index (κ2) is 11.1. The highest BCUT2D eigenvalue weighted by Crippen LogP contribution is 2.36. The first-order valence-electron chi connectivity index (χ1n) is 12.0. The van der Waals surface area contributed by atoms with Gasteiger partial charge < -0.3 is 29.7 Å². The number of carbonyl (C=O) groups is 1. The fourth-order valence-corrected chi connectivity index (χ4v) is 4.39.